The van der Waals surface area contributed by atoms with Gasteiger partial charge in [-0.05, 0) is 6.07 Å². The molecule has 1 heterocycles. The molecule has 0 bridgehead atoms. The molecule has 0 fully saturated rings. The summed E-state index contributed by atoms with van der Waals surface area (Å²) in [7, 11) is 1.39. The van der Waals surface area contributed by atoms with Crippen molar-refractivity contribution in [3.05, 3.63) is 18.5 Å². The summed E-state index contributed by atoms with van der Waals surface area (Å²) >= 11 is 0. The molecule has 66 valence electrons. The average Bonchev–Trinajstić information content (AvgIpc) is 2.57. The molecule has 2 N–H and O–H groups in total. The van der Waals surface area contributed by atoms with Crippen LogP contribution in [0.25, 0.3) is 0 Å². The fourth-order valence-corrected chi connectivity index (χ4v) is 0.845. The van der Waals surface area contributed by atoms with Crippen molar-refractivity contribution in [3.63, 3.8) is 0 Å². The second kappa shape index (κ2) is 4.43. The van der Waals surface area contributed by atoms with E-state index in [1.165, 1.54) is 7.11 Å². The molecule has 12 heavy (non-hydrogen) atoms. The zero-order valence-corrected chi connectivity index (χ0v) is 6.96. The maximum atomic E-state index is 10.7. The Labute approximate surface area is 70.9 Å². The smallest absolute Gasteiger partial charge is 0.307 e. The minimum atomic E-state index is -0.196. The van der Waals surface area contributed by atoms with Gasteiger partial charge in [0.1, 0.15) is 0 Å². The summed E-state index contributed by atoms with van der Waals surface area (Å²) in [6, 6.07) is 1.90. The molecule has 0 saturated heterocycles. The number of carbonyl (C=O) groups excluding carboxylic acids is 1. The van der Waals surface area contributed by atoms with Gasteiger partial charge < -0.3 is 15.0 Å². The molecule has 1 aromatic rings. The molecule has 0 saturated carbocycles. The summed E-state index contributed by atoms with van der Waals surface area (Å²) in [5, 5.41) is 3.06. The number of hydrogen-bond acceptors (Lipinski definition) is 3. The lowest BCUT2D eigenvalue weighted by molar-refractivity contribution is -0.140. The van der Waals surface area contributed by atoms with Crippen LogP contribution in [0.4, 0.5) is 5.69 Å². The quantitative estimate of drug-likeness (QED) is 0.659. The molecule has 0 atom stereocenters. The maximum Gasteiger partial charge on any atom is 0.307 e. The SMILES string of the molecule is COC(=O)CCNc1cc[nH]c1. The summed E-state index contributed by atoms with van der Waals surface area (Å²) in [6.45, 7) is 0.602. The van der Waals surface area contributed by atoms with Gasteiger partial charge in [0.05, 0.1) is 19.2 Å². The predicted octanol–water partition coefficient (Wildman–Crippen LogP) is 0.990. The van der Waals surface area contributed by atoms with Crippen molar-refractivity contribution in [2.75, 3.05) is 19.0 Å². The van der Waals surface area contributed by atoms with E-state index >= 15 is 0 Å². The number of anilines is 1. The monoisotopic (exact) mass is 168 g/mol. The van der Waals surface area contributed by atoms with Gasteiger partial charge in [0.25, 0.3) is 0 Å². The molecule has 0 aliphatic heterocycles. The van der Waals surface area contributed by atoms with Crippen LogP contribution in [0.2, 0.25) is 0 Å². The third-order valence-electron chi connectivity index (χ3n) is 1.48. The fourth-order valence-electron chi connectivity index (χ4n) is 0.845. The molecule has 1 rings (SSSR count). The summed E-state index contributed by atoms with van der Waals surface area (Å²) < 4.78 is 4.48. The molecule has 0 spiro atoms. The molecule has 4 heteroatoms. The lowest BCUT2D eigenvalue weighted by Gasteiger charge is -2.01. The van der Waals surface area contributed by atoms with Crippen LogP contribution in [0.1, 0.15) is 6.42 Å². The first-order valence-corrected chi connectivity index (χ1v) is 3.76. The van der Waals surface area contributed by atoms with Crippen molar-refractivity contribution in [1.29, 1.82) is 0 Å². The van der Waals surface area contributed by atoms with Crippen LogP contribution in [-0.4, -0.2) is 24.6 Å². The van der Waals surface area contributed by atoms with Crippen molar-refractivity contribution in [1.82, 2.24) is 4.98 Å². The van der Waals surface area contributed by atoms with Gasteiger partial charge in [-0.15, -0.1) is 0 Å². The van der Waals surface area contributed by atoms with Gasteiger partial charge in [0, 0.05) is 18.9 Å². The Morgan fingerprint density at radius 1 is 1.75 bits per heavy atom. The number of aromatic amines is 1. The van der Waals surface area contributed by atoms with Crippen molar-refractivity contribution in [3.8, 4) is 0 Å². The fraction of sp³-hybridized carbons (Fsp3) is 0.375. The first kappa shape index (κ1) is 8.64. The molecular weight excluding hydrogens is 156 g/mol. The molecule has 0 aliphatic carbocycles. The second-order valence-electron chi connectivity index (χ2n) is 2.35. The average molecular weight is 168 g/mol. The van der Waals surface area contributed by atoms with Crippen molar-refractivity contribution < 1.29 is 9.53 Å². The normalized spacial score (nSPS) is 9.42. The van der Waals surface area contributed by atoms with Crippen LogP contribution < -0.4 is 5.32 Å². The number of rotatable bonds is 4. The molecular formula is C8H12N2O2. The maximum absolute atomic E-state index is 10.7. The third-order valence-corrected chi connectivity index (χ3v) is 1.48. The highest BCUT2D eigenvalue weighted by Crippen LogP contribution is 2.02. The Morgan fingerprint density at radius 2 is 2.58 bits per heavy atom. The van der Waals surface area contributed by atoms with E-state index in [0.717, 1.165) is 5.69 Å². The van der Waals surface area contributed by atoms with E-state index < -0.39 is 0 Å². The topological polar surface area (TPSA) is 54.1 Å². The Bertz CT molecular complexity index is 231. The number of nitrogens with one attached hydrogen (secondary N) is 2. The molecule has 0 unspecified atom stereocenters. The van der Waals surface area contributed by atoms with Crippen molar-refractivity contribution >= 4 is 11.7 Å². The van der Waals surface area contributed by atoms with Gasteiger partial charge in [0.2, 0.25) is 0 Å². The first-order chi connectivity index (χ1) is 5.83. The largest absolute Gasteiger partial charge is 0.469 e. The van der Waals surface area contributed by atoms with Gasteiger partial charge in [-0.1, -0.05) is 0 Å². The van der Waals surface area contributed by atoms with E-state index in [0.29, 0.717) is 13.0 Å². The highest BCUT2D eigenvalue weighted by molar-refractivity contribution is 5.69. The number of methoxy groups -OCH3 is 1. The van der Waals surface area contributed by atoms with Gasteiger partial charge in [-0.25, -0.2) is 0 Å². The number of ether oxygens (including phenoxy) is 1. The number of aromatic nitrogens is 1. The van der Waals surface area contributed by atoms with E-state index in [1.807, 2.05) is 18.5 Å². The van der Waals surface area contributed by atoms with Crippen LogP contribution in [0.3, 0.4) is 0 Å². The van der Waals surface area contributed by atoms with Gasteiger partial charge in [-0.2, -0.15) is 0 Å². The van der Waals surface area contributed by atoms with E-state index in [-0.39, 0.29) is 5.97 Å². The number of esters is 1. The summed E-state index contributed by atoms with van der Waals surface area (Å²) in [6.07, 6.45) is 4.04. The zero-order chi connectivity index (χ0) is 8.81. The van der Waals surface area contributed by atoms with Crippen molar-refractivity contribution in [2.45, 2.75) is 6.42 Å². The van der Waals surface area contributed by atoms with Crippen molar-refractivity contribution in [2.24, 2.45) is 0 Å². The number of carbonyl (C=O) groups is 1. The molecule has 0 radical (unpaired) electrons. The van der Waals surface area contributed by atoms with Gasteiger partial charge in [0.15, 0.2) is 0 Å². The summed E-state index contributed by atoms with van der Waals surface area (Å²) in [5.41, 5.74) is 0.985. The standard InChI is InChI=1S/C8H12N2O2/c1-12-8(11)3-5-10-7-2-4-9-6-7/h2,4,6,9-10H,3,5H2,1H3. The van der Waals surface area contributed by atoms with E-state index in [2.05, 4.69) is 15.0 Å². The molecule has 0 aromatic carbocycles. The molecule has 1 aromatic heterocycles. The van der Waals surface area contributed by atoms with Crippen LogP contribution in [0.5, 0.6) is 0 Å². The highest BCUT2D eigenvalue weighted by Gasteiger charge is 1.98. The lowest BCUT2D eigenvalue weighted by Crippen LogP contribution is -2.09. The van der Waals surface area contributed by atoms with Crippen LogP contribution >= 0.6 is 0 Å². The van der Waals surface area contributed by atoms with Crippen LogP contribution in [0, 0.1) is 0 Å². The van der Waals surface area contributed by atoms with Gasteiger partial charge in [-0.3, -0.25) is 4.79 Å². The van der Waals surface area contributed by atoms with Crippen LogP contribution in [-0.2, 0) is 9.53 Å². The minimum Gasteiger partial charge on any atom is -0.469 e. The Kier molecular flexibility index (Phi) is 3.19. The molecule has 0 aliphatic rings. The van der Waals surface area contributed by atoms with E-state index in [4.69, 9.17) is 0 Å². The second-order valence-corrected chi connectivity index (χ2v) is 2.35. The molecule has 4 nitrogen and oxygen atoms in total. The highest BCUT2D eigenvalue weighted by atomic mass is 16.5. The zero-order valence-electron chi connectivity index (χ0n) is 6.96. The first-order valence-electron chi connectivity index (χ1n) is 3.76. The third kappa shape index (κ3) is 2.65. The minimum absolute atomic E-state index is 0.196. The Hall–Kier alpha value is -1.45. The molecule has 0 amide bonds. The van der Waals surface area contributed by atoms with Gasteiger partial charge >= 0.3 is 5.97 Å². The van der Waals surface area contributed by atoms with Crippen LogP contribution in [0.15, 0.2) is 18.5 Å². The van der Waals surface area contributed by atoms with E-state index in [1.54, 1.807) is 0 Å². The Morgan fingerprint density at radius 3 is 3.17 bits per heavy atom. The van der Waals surface area contributed by atoms with E-state index in [9.17, 15) is 4.79 Å². The lowest BCUT2D eigenvalue weighted by atomic mass is 10.4. The summed E-state index contributed by atoms with van der Waals surface area (Å²) in [4.78, 5) is 13.6. The Balaban J connectivity index is 2.15. The predicted molar refractivity (Wildman–Crippen MR) is 45.9 cm³/mol. The number of hydrogen-bond donors (Lipinski definition) is 2. The summed E-state index contributed by atoms with van der Waals surface area (Å²) in [5.74, 6) is -0.196. The number of H-pyrrole nitrogens is 1.